The Balaban J connectivity index is 1.68. The molecule has 0 saturated carbocycles. The summed E-state index contributed by atoms with van der Waals surface area (Å²) in [6.07, 6.45) is 1.81. The third-order valence-corrected chi connectivity index (χ3v) is 5.25. The minimum atomic E-state index is 0.0304. The van der Waals surface area contributed by atoms with Gasteiger partial charge in [0.2, 0.25) is 5.91 Å². The highest BCUT2D eigenvalue weighted by atomic mass is 16.5. The van der Waals surface area contributed by atoms with E-state index in [0.29, 0.717) is 13.2 Å². The Bertz CT molecular complexity index is 1050. The van der Waals surface area contributed by atoms with E-state index in [1.54, 1.807) is 0 Å². The van der Waals surface area contributed by atoms with Gasteiger partial charge in [-0.25, -0.2) is 0 Å². The number of carbonyl (C=O) groups is 1. The van der Waals surface area contributed by atoms with Gasteiger partial charge >= 0.3 is 0 Å². The van der Waals surface area contributed by atoms with Crippen LogP contribution >= 0.6 is 0 Å². The number of anilines is 1. The second-order valence-electron chi connectivity index (χ2n) is 7.39. The maximum Gasteiger partial charge on any atom is 0.248 e. The molecule has 1 aromatic heterocycles. The molecule has 0 spiro atoms. The summed E-state index contributed by atoms with van der Waals surface area (Å²) in [6, 6.07) is 12.3. The predicted octanol–water partition coefficient (Wildman–Crippen LogP) is 4.42. The molecule has 0 N–H and O–H groups in total. The molecule has 0 radical (unpaired) electrons. The third-order valence-electron chi connectivity index (χ3n) is 5.25. The first kappa shape index (κ1) is 18.3. The summed E-state index contributed by atoms with van der Waals surface area (Å²) in [4.78, 5) is 15.0. The highest BCUT2D eigenvalue weighted by Gasteiger charge is 2.25. The van der Waals surface area contributed by atoms with E-state index in [1.807, 2.05) is 48.7 Å². The molecule has 5 heteroatoms. The molecule has 0 fully saturated rings. The Hall–Kier alpha value is -3.08. The number of aromatic nitrogens is 2. The van der Waals surface area contributed by atoms with Crippen LogP contribution in [0.4, 0.5) is 5.69 Å². The van der Waals surface area contributed by atoms with Crippen molar-refractivity contribution in [3.05, 3.63) is 64.8 Å². The maximum absolute atomic E-state index is 13.2. The fraction of sp³-hybridized carbons (Fsp3) is 0.304. The molecule has 1 aliphatic heterocycles. The van der Waals surface area contributed by atoms with Crippen LogP contribution in [0.2, 0.25) is 0 Å². The topological polar surface area (TPSA) is 47.4 Å². The average Bonchev–Trinajstić information content (AvgIpc) is 3.08. The van der Waals surface area contributed by atoms with Crippen molar-refractivity contribution in [1.29, 1.82) is 0 Å². The summed E-state index contributed by atoms with van der Waals surface area (Å²) in [7, 11) is 0. The molecule has 0 unspecified atom stereocenters. The van der Waals surface area contributed by atoms with Crippen LogP contribution in [0, 0.1) is 20.8 Å². The Morgan fingerprint density at radius 1 is 1.14 bits per heavy atom. The molecular weight excluding hydrogens is 350 g/mol. The molecule has 1 amide bonds. The average molecular weight is 375 g/mol. The zero-order chi connectivity index (χ0) is 19.8. The number of amides is 1. The lowest BCUT2D eigenvalue weighted by Gasteiger charge is -2.25. The van der Waals surface area contributed by atoms with Gasteiger partial charge in [0.15, 0.2) is 0 Å². The number of ether oxygens (including phenoxy) is 1. The molecule has 144 valence electrons. The van der Waals surface area contributed by atoms with Crippen LogP contribution < -0.4 is 9.64 Å². The molecule has 1 aliphatic rings. The van der Waals surface area contributed by atoms with E-state index in [1.165, 1.54) is 0 Å². The first-order valence-electron chi connectivity index (χ1n) is 9.64. The number of benzene rings is 2. The van der Waals surface area contributed by atoms with E-state index < -0.39 is 0 Å². The van der Waals surface area contributed by atoms with Gasteiger partial charge in [0.05, 0.1) is 11.9 Å². The summed E-state index contributed by atoms with van der Waals surface area (Å²) >= 11 is 0. The van der Waals surface area contributed by atoms with Gasteiger partial charge in [-0.3, -0.25) is 9.48 Å². The normalized spacial score (nSPS) is 12.1. The van der Waals surface area contributed by atoms with E-state index in [2.05, 4.69) is 36.3 Å². The Morgan fingerprint density at radius 2 is 1.89 bits per heavy atom. The van der Waals surface area contributed by atoms with Gasteiger partial charge in [-0.1, -0.05) is 23.8 Å². The van der Waals surface area contributed by atoms with Gasteiger partial charge in [-0.2, -0.15) is 5.10 Å². The highest BCUT2D eigenvalue weighted by molar-refractivity contribution is 5.94. The Labute approximate surface area is 165 Å². The predicted molar refractivity (Wildman–Crippen MR) is 111 cm³/mol. The molecule has 2 heterocycles. The fourth-order valence-electron chi connectivity index (χ4n) is 3.78. The number of rotatable bonds is 4. The molecular formula is C23H25N3O2. The van der Waals surface area contributed by atoms with Crippen molar-refractivity contribution in [1.82, 2.24) is 9.78 Å². The molecule has 4 rings (SSSR count). The molecule has 0 aliphatic carbocycles. The monoisotopic (exact) mass is 375 g/mol. The minimum Gasteiger partial charge on any atom is -0.488 e. The standard InChI is InChI=1S/C23H25N3O2/c1-5-25(20-11-16(3)6-8-17(20)4)22(27)13-26-23-18(12-24-26)14-28-21-9-7-15(2)10-19(21)23/h6-12H,5,13-14H2,1-4H3. The first-order valence-corrected chi connectivity index (χ1v) is 9.64. The minimum absolute atomic E-state index is 0.0304. The molecule has 2 aromatic carbocycles. The van der Waals surface area contributed by atoms with E-state index in [-0.39, 0.29) is 12.5 Å². The van der Waals surface area contributed by atoms with E-state index in [4.69, 9.17) is 4.74 Å². The number of aryl methyl sites for hydroxylation is 3. The Kier molecular flexibility index (Phi) is 4.67. The molecule has 3 aromatic rings. The number of fused-ring (bicyclic) bond motifs is 3. The van der Waals surface area contributed by atoms with Gasteiger partial charge in [0.25, 0.3) is 0 Å². The van der Waals surface area contributed by atoms with Crippen LogP contribution in [0.3, 0.4) is 0 Å². The lowest BCUT2D eigenvalue weighted by Crippen LogP contribution is -2.34. The largest absolute Gasteiger partial charge is 0.488 e. The van der Waals surface area contributed by atoms with E-state index in [0.717, 1.165) is 44.9 Å². The molecule has 0 saturated heterocycles. The summed E-state index contributed by atoms with van der Waals surface area (Å²) in [5.74, 6) is 0.872. The van der Waals surface area contributed by atoms with E-state index >= 15 is 0 Å². The molecule has 28 heavy (non-hydrogen) atoms. The fourth-order valence-corrected chi connectivity index (χ4v) is 3.78. The van der Waals surface area contributed by atoms with Crippen molar-refractivity contribution in [2.24, 2.45) is 0 Å². The number of hydrogen-bond donors (Lipinski definition) is 0. The summed E-state index contributed by atoms with van der Waals surface area (Å²) < 4.78 is 7.65. The van der Waals surface area contributed by atoms with E-state index in [9.17, 15) is 4.79 Å². The summed E-state index contributed by atoms with van der Waals surface area (Å²) in [5, 5.41) is 4.51. The zero-order valence-electron chi connectivity index (χ0n) is 16.8. The van der Waals surface area contributed by atoms with Crippen molar-refractivity contribution >= 4 is 11.6 Å². The number of carbonyl (C=O) groups excluding carboxylic acids is 1. The third kappa shape index (κ3) is 3.17. The second kappa shape index (κ2) is 7.15. The smallest absolute Gasteiger partial charge is 0.248 e. The van der Waals surface area contributed by atoms with Gasteiger partial charge in [0, 0.05) is 23.4 Å². The zero-order valence-corrected chi connectivity index (χ0v) is 16.8. The quantitative estimate of drug-likeness (QED) is 0.678. The van der Waals surface area contributed by atoms with Crippen LogP contribution in [0.5, 0.6) is 5.75 Å². The number of likely N-dealkylation sites (N-methyl/N-ethyl adjacent to an activating group) is 1. The van der Waals surface area contributed by atoms with Crippen molar-refractivity contribution in [3.63, 3.8) is 0 Å². The highest BCUT2D eigenvalue weighted by Crippen LogP contribution is 2.38. The molecule has 5 nitrogen and oxygen atoms in total. The number of nitrogens with zero attached hydrogens (tertiary/aromatic N) is 3. The van der Waals surface area contributed by atoms with Gasteiger partial charge in [0.1, 0.15) is 18.9 Å². The summed E-state index contributed by atoms with van der Waals surface area (Å²) in [6.45, 7) is 9.44. The van der Waals surface area contributed by atoms with Crippen LogP contribution in [0.1, 0.15) is 29.2 Å². The second-order valence-corrected chi connectivity index (χ2v) is 7.39. The SMILES string of the molecule is CCN(C(=O)Cn1ncc2c1-c1cc(C)ccc1OC2)c1cc(C)ccc1C. The van der Waals surface area contributed by atoms with Gasteiger partial charge in [-0.15, -0.1) is 0 Å². The van der Waals surface area contributed by atoms with Crippen LogP contribution in [0.15, 0.2) is 42.6 Å². The lowest BCUT2D eigenvalue weighted by atomic mass is 10.0. The first-order chi connectivity index (χ1) is 13.5. The van der Waals surface area contributed by atoms with Crippen molar-refractivity contribution < 1.29 is 9.53 Å². The summed E-state index contributed by atoms with van der Waals surface area (Å²) in [5.41, 5.74) is 7.35. The molecule has 0 atom stereocenters. The van der Waals surface area contributed by atoms with Crippen molar-refractivity contribution in [3.8, 4) is 17.0 Å². The van der Waals surface area contributed by atoms with Crippen LogP contribution in [-0.4, -0.2) is 22.2 Å². The van der Waals surface area contributed by atoms with Crippen molar-refractivity contribution in [2.75, 3.05) is 11.4 Å². The maximum atomic E-state index is 13.2. The number of hydrogen-bond acceptors (Lipinski definition) is 3. The van der Waals surface area contributed by atoms with Gasteiger partial charge in [-0.05, 0) is 57.0 Å². The van der Waals surface area contributed by atoms with Crippen molar-refractivity contribution in [2.45, 2.75) is 40.8 Å². The lowest BCUT2D eigenvalue weighted by molar-refractivity contribution is -0.119. The molecule has 0 bridgehead atoms. The van der Waals surface area contributed by atoms with Gasteiger partial charge < -0.3 is 9.64 Å². The van der Waals surface area contributed by atoms with Crippen LogP contribution in [-0.2, 0) is 17.9 Å². The Morgan fingerprint density at radius 3 is 2.68 bits per heavy atom. The van der Waals surface area contributed by atoms with Crippen LogP contribution in [0.25, 0.3) is 11.3 Å².